The Labute approximate surface area is 130 Å². The number of rotatable bonds is 6. The Kier molecular flexibility index (Phi) is 5.93. The summed E-state index contributed by atoms with van der Waals surface area (Å²) < 4.78 is 28.9. The maximum atomic E-state index is 12.3. The highest BCUT2D eigenvalue weighted by atomic mass is 32.2. The summed E-state index contributed by atoms with van der Waals surface area (Å²) in [6.07, 6.45) is 3.64. The first-order valence-corrected chi connectivity index (χ1v) is 10.0. The van der Waals surface area contributed by atoms with Crippen molar-refractivity contribution >= 4 is 27.9 Å². The molecule has 0 aromatic rings. The van der Waals surface area contributed by atoms with E-state index in [0.717, 1.165) is 25.0 Å². The number of nitrogens with zero attached hydrogens (tertiary/aromatic N) is 1. The number of piperidine rings is 1. The molecule has 1 aliphatic heterocycles. The monoisotopic (exact) mass is 336 g/mol. The van der Waals surface area contributed by atoms with Crippen LogP contribution in [0.25, 0.3) is 0 Å². The lowest BCUT2D eigenvalue weighted by atomic mass is 9.99. The largest absolute Gasteiger partial charge is 0.481 e. The van der Waals surface area contributed by atoms with Gasteiger partial charge in [0.25, 0.3) is 10.2 Å². The Morgan fingerprint density at radius 2 is 1.95 bits per heavy atom. The number of thioether (sulfide) groups is 1. The average Bonchev–Trinajstić information content (AvgIpc) is 2.86. The molecule has 1 saturated heterocycles. The second kappa shape index (κ2) is 7.30. The van der Waals surface area contributed by atoms with E-state index in [2.05, 4.69) is 11.6 Å². The fraction of sp³-hybridized carbons (Fsp3) is 0.923. The van der Waals surface area contributed by atoms with E-state index in [1.807, 2.05) is 11.8 Å². The first-order chi connectivity index (χ1) is 9.92. The zero-order chi connectivity index (χ0) is 15.5. The lowest BCUT2D eigenvalue weighted by Gasteiger charge is -2.30. The molecular weight excluding hydrogens is 312 g/mol. The number of carboxylic acids is 1. The summed E-state index contributed by atoms with van der Waals surface area (Å²) in [5.41, 5.74) is 0. The number of hydrogen-bond donors (Lipinski definition) is 2. The predicted octanol–water partition coefficient (Wildman–Crippen LogP) is 1.29. The molecule has 0 bridgehead atoms. The second-order valence-electron chi connectivity index (χ2n) is 5.72. The van der Waals surface area contributed by atoms with E-state index in [1.165, 1.54) is 4.31 Å². The van der Waals surface area contributed by atoms with Crippen LogP contribution in [0.15, 0.2) is 0 Å². The molecule has 21 heavy (non-hydrogen) atoms. The van der Waals surface area contributed by atoms with Crippen LogP contribution in [0.4, 0.5) is 0 Å². The van der Waals surface area contributed by atoms with Crippen LogP contribution >= 0.6 is 11.8 Å². The maximum Gasteiger partial charge on any atom is 0.306 e. The summed E-state index contributed by atoms with van der Waals surface area (Å²) in [5, 5.41) is 9.51. The number of hydrogen-bond acceptors (Lipinski definition) is 4. The van der Waals surface area contributed by atoms with Crippen molar-refractivity contribution in [3.63, 3.8) is 0 Å². The number of carbonyl (C=O) groups is 1. The van der Waals surface area contributed by atoms with Crippen molar-refractivity contribution in [3.8, 4) is 0 Å². The van der Waals surface area contributed by atoms with Crippen LogP contribution in [0.3, 0.4) is 0 Å². The Balaban J connectivity index is 1.84. The van der Waals surface area contributed by atoms with Crippen molar-refractivity contribution < 1.29 is 18.3 Å². The second-order valence-corrected chi connectivity index (χ2v) is 9.00. The van der Waals surface area contributed by atoms with Crippen LogP contribution < -0.4 is 4.72 Å². The maximum absolute atomic E-state index is 12.3. The van der Waals surface area contributed by atoms with Crippen molar-refractivity contribution in [2.45, 2.75) is 50.3 Å². The van der Waals surface area contributed by atoms with Crippen molar-refractivity contribution in [1.29, 1.82) is 0 Å². The van der Waals surface area contributed by atoms with Gasteiger partial charge in [0.05, 0.1) is 5.92 Å². The molecule has 0 radical (unpaired) electrons. The fourth-order valence-electron chi connectivity index (χ4n) is 3.06. The van der Waals surface area contributed by atoms with E-state index in [4.69, 9.17) is 5.11 Å². The van der Waals surface area contributed by atoms with Gasteiger partial charge >= 0.3 is 5.97 Å². The van der Waals surface area contributed by atoms with Crippen molar-refractivity contribution in [2.75, 3.05) is 18.8 Å². The van der Waals surface area contributed by atoms with Crippen LogP contribution in [0.5, 0.6) is 0 Å². The Bertz CT molecular complexity index is 461. The molecule has 2 fully saturated rings. The van der Waals surface area contributed by atoms with Crippen molar-refractivity contribution in [2.24, 2.45) is 5.92 Å². The summed E-state index contributed by atoms with van der Waals surface area (Å²) in [6, 6.07) is 0.0243. The third-order valence-corrected chi connectivity index (χ3v) is 7.15. The predicted molar refractivity (Wildman–Crippen MR) is 83.5 cm³/mol. The van der Waals surface area contributed by atoms with E-state index in [0.29, 0.717) is 31.2 Å². The normalized spacial score (nSPS) is 28.8. The number of carboxylic acid groups (broad SMARTS) is 1. The van der Waals surface area contributed by atoms with E-state index in [9.17, 15) is 13.2 Å². The lowest BCUT2D eigenvalue weighted by Crippen LogP contribution is -2.48. The topological polar surface area (TPSA) is 86.7 Å². The molecule has 8 heteroatoms. The highest BCUT2D eigenvalue weighted by Crippen LogP contribution is 2.30. The van der Waals surface area contributed by atoms with Gasteiger partial charge in [-0.1, -0.05) is 6.92 Å². The molecule has 1 heterocycles. The molecule has 0 aromatic carbocycles. The molecule has 0 spiro atoms. The van der Waals surface area contributed by atoms with E-state index < -0.39 is 22.1 Å². The lowest BCUT2D eigenvalue weighted by molar-refractivity contribution is -0.142. The van der Waals surface area contributed by atoms with Crippen LogP contribution in [0.2, 0.25) is 0 Å². The summed E-state index contributed by atoms with van der Waals surface area (Å²) in [6.45, 7) is 2.72. The van der Waals surface area contributed by atoms with Gasteiger partial charge in [-0.2, -0.15) is 29.2 Å². The smallest absolute Gasteiger partial charge is 0.306 e. The zero-order valence-corrected chi connectivity index (χ0v) is 14.0. The molecule has 2 N–H and O–H groups in total. The van der Waals surface area contributed by atoms with E-state index in [-0.39, 0.29) is 6.04 Å². The first-order valence-electron chi connectivity index (χ1n) is 7.54. The SMILES string of the molecule is CCSC1CCC(NS(=O)(=O)N2CCC(C(=O)O)CC2)C1. The van der Waals surface area contributed by atoms with Gasteiger partial charge < -0.3 is 5.11 Å². The van der Waals surface area contributed by atoms with Crippen LogP contribution in [0, 0.1) is 5.92 Å². The quantitative estimate of drug-likeness (QED) is 0.763. The van der Waals surface area contributed by atoms with E-state index >= 15 is 0 Å². The highest BCUT2D eigenvalue weighted by molar-refractivity contribution is 7.99. The highest BCUT2D eigenvalue weighted by Gasteiger charge is 2.34. The molecule has 2 atom stereocenters. The van der Waals surface area contributed by atoms with Crippen LogP contribution in [0.1, 0.15) is 39.0 Å². The van der Waals surface area contributed by atoms with Crippen LogP contribution in [-0.4, -0.2) is 53.9 Å². The first kappa shape index (κ1) is 17.1. The molecule has 0 aromatic heterocycles. The summed E-state index contributed by atoms with van der Waals surface area (Å²) >= 11 is 1.89. The summed E-state index contributed by atoms with van der Waals surface area (Å²) in [7, 11) is -3.47. The molecule has 1 saturated carbocycles. The third-order valence-electron chi connectivity index (χ3n) is 4.25. The molecule has 6 nitrogen and oxygen atoms in total. The molecule has 122 valence electrons. The van der Waals surface area contributed by atoms with Crippen LogP contribution in [-0.2, 0) is 15.0 Å². The third kappa shape index (κ3) is 4.58. The summed E-state index contributed by atoms with van der Waals surface area (Å²) in [4.78, 5) is 10.9. The molecule has 1 aliphatic carbocycles. The minimum atomic E-state index is -3.47. The standard InChI is InChI=1S/C13H24N2O4S2/c1-2-20-12-4-3-11(9-12)14-21(18,19)15-7-5-10(6-8-15)13(16)17/h10-12,14H,2-9H2,1H3,(H,16,17). The molecule has 2 unspecified atom stereocenters. The fourth-order valence-corrected chi connectivity index (χ4v) is 5.68. The van der Waals surface area contributed by atoms with Gasteiger partial charge in [-0.15, -0.1) is 0 Å². The molecule has 0 amide bonds. The Morgan fingerprint density at radius 1 is 1.29 bits per heavy atom. The minimum absolute atomic E-state index is 0.0243. The van der Waals surface area contributed by atoms with Gasteiger partial charge in [-0.05, 0) is 37.9 Å². The van der Waals surface area contributed by atoms with Gasteiger partial charge in [0.1, 0.15) is 0 Å². The van der Waals surface area contributed by atoms with E-state index in [1.54, 1.807) is 0 Å². The van der Waals surface area contributed by atoms with Gasteiger partial charge in [-0.3, -0.25) is 4.79 Å². The van der Waals surface area contributed by atoms with Gasteiger partial charge in [0.15, 0.2) is 0 Å². The average molecular weight is 336 g/mol. The van der Waals surface area contributed by atoms with Gasteiger partial charge in [-0.25, -0.2) is 0 Å². The summed E-state index contributed by atoms with van der Waals surface area (Å²) in [5.74, 6) is -0.171. The van der Waals surface area contributed by atoms with Gasteiger partial charge in [0.2, 0.25) is 0 Å². The van der Waals surface area contributed by atoms with Crippen molar-refractivity contribution in [3.05, 3.63) is 0 Å². The Hall–Kier alpha value is -0.310. The zero-order valence-electron chi connectivity index (χ0n) is 12.3. The minimum Gasteiger partial charge on any atom is -0.481 e. The Morgan fingerprint density at radius 3 is 2.52 bits per heavy atom. The van der Waals surface area contributed by atoms with Crippen molar-refractivity contribution in [1.82, 2.24) is 9.03 Å². The number of nitrogens with one attached hydrogen (secondary N) is 1. The number of aliphatic carboxylic acids is 1. The molecule has 2 rings (SSSR count). The molecule has 2 aliphatic rings. The molecular formula is C13H24N2O4S2. The van der Waals surface area contributed by atoms with Gasteiger partial charge in [0, 0.05) is 24.4 Å².